The lowest BCUT2D eigenvalue weighted by molar-refractivity contribution is 0.101. The molecule has 128 valence electrons. The van der Waals surface area contributed by atoms with E-state index in [1.165, 1.54) is 18.3 Å². The Morgan fingerprint density at radius 2 is 2.04 bits per heavy atom. The minimum absolute atomic E-state index is 0.000289. The lowest BCUT2D eigenvalue weighted by Gasteiger charge is -2.18. The van der Waals surface area contributed by atoms with Crippen molar-refractivity contribution < 1.29 is 14.7 Å². The van der Waals surface area contributed by atoms with Crippen LogP contribution in [-0.2, 0) is 0 Å². The molecule has 1 heterocycles. The molecule has 2 unspecified atom stereocenters. The van der Waals surface area contributed by atoms with Gasteiger partial charge in [0.25, 0.3) is 0 Å². The van der Waals surface area contributed by atoms with E-state index in [2.05, 4.69) is 10.6 Å². The molecule has 0 fully saturated rings. The fraction of sp³-hybridized carbons (Fsp3) is 0.333. The number of aliphatic hydroxyl groups excluding tert-OH is 1. The Kier molecular flexibility index (Phi) is 6.11. The fourth-order valence-electron chi connectivity index (χ4n) is 2.52. The summed E-state index contributed by atoms with van der Waals surface area (Å²) in [6, 6.07) is 8.42. The maximum Gasteiger partial charge on any atom is 0.319 e. The molecule has 6 heteroatoms. The van der Waals surface area contributed by atoms with E-state index in [4.69, 9.17) is 0 Å². The summed E-state index contributed by atoms with van der Waals surface area (Å²) in [6.45, 7) is 5.20. The number of anilines is 1. The number of urea groups is 1. The number of hydrogen-bond acceptors (Lipinski definition) is 4. The zero-order valence-corrected chi connectivity index (χ0v) is 14.8. The normalized spacial score (nSPS) is 13.2. The van der Waals surface area contributed by atoms with Crippen LogP contribution in [0.4, 0.5) is 10.5 Å². The van der Waals surface area contributed by atoms with Crippen molar-refractivity contribution in [2.24, 2.45) is 0 Å². The molecule has 0 bridgehead atoms. The molecular weight excluding hydrogens is 324 g/mol. The van der Waals surface area contributed by atoms with E-state index >= 15 is 0 Å². The Bertz CT molecular complexity index is 713. The smallest absolute Gasteiger partial charge is 0.319 e. The fourth-order valence-corrected chi connectivity index (χ4v) is 3.24. The summed E-state index contributed by atoms with van der Waals surface area (Å²) in [6.07, 6.45) is -0.145. The highest BCUT2D eigenvalue weighted by atomic mass is 32.1. The van der Waals surface area contributed by atoms with Crippen LogP contribution in [0.5, 0.6) is 0 Å². The van der Waals surface area contributed by atoms with Crippen LogP contribution < -0.4 is 10.6 Å². The van der Waals surface area contributed by atoms with Gasteiger partial charge in [0.15, 0.2) is 5.78 Å². The lowest BCUT2D eigenvalue weighted by Crippen LogP contribution is -2.37. The topological polar surface area (TPSA) is 78.4 Å². The molecule has 0 aliphatic heterocycles. The van der Waals surface area contributed by atoms with Gasteiger partial charge in [-0.2, -0.15) is 0 Å². The third-order valence-corrected chi connectivity index (χ3v) is 4.66. The summed E-state index contributed by atoms with van der Waals surface area (Å²) in [5.41, 5.74) is 2.09. The van der Waals surface area contributed by atoms with Crippen molar-refractivity contribution in [1.29, 1.82) is 0 Å². The van der Waals surface area contributed by atoms with Gasteiger partial charge in [-0.25, -0.2) is 4.79 Å². The summed E-state index contributed by atoms with van der Waals surface area (Å²) >= 11 is 1.49. The SMILES string of the molecule is CC(=O)c1ccc(NC(=O)NC(C)CC(O)c2cccs2)cc1C. The number of nitrogens with one attached hydrogen (secondary N) is 2. The predicted molar refractivity (Wildman–Crippen MR) is 96.7 cm³/mol. The first kappa shape index (κ1) is 18.2. The number of aryl methyl sites for hydroxylation is 1. The van der Waals surface area contributed by atoms with E-state index < -0.39 is 6.10 Å². The zero-order chi connectivity index (χ0) is 17.7. The number of hydrogen-bond donors (Lipinski definition) is 3. The first-order valence-electron chi connectivity index (χ1n) is 7.77. The van der Waals surface area contributed by atoms with E-state index in [1.54, 1.807) is 18.2 Å². The first-order valence-corrected chi connectivity index (χ1v) is 8.65. The number of benzene rings is 1. The number of ketones is 1. The third kappa shape index (κ3) is 4.91. The minimum atomic E-state index is -0.586. The van der Waals surface area contributed by atoms with Crippen molar-refractivity contribution >= 4 is 28.8 Å². The van der Waals surface area contributed by atoms with Crippen LogP contribution in [0.25, 0.3) is 0 Å². The second-order valence-electron chi connectivity index (χ2n) is 5.85. The molecule has 24 heavy (non-hydrogen) atoms. The van der Waals surface area contributed by atoms with Gasteiger partial charge in [0.1, 0.15) is 0 Å². The van der Waals surface area contributed by atoms with Crippen LogP contribution in [0.2, 0.25) is 0 Å². The quantitative estimate of drug-likeness (QED) is 0.694. The van der Waals surface area contributed by atoms with E-state index in [9.17, 15) is 14.7 Å². The van der Waals surface area contributed by atoms with Crippen LogP contribution in [0.15, 0.2) is 35.7 Å². The summed E-state index contributed by atoms with van der Waals surface area (Å²) < 4.78 is 0. The molecule has 2 amide bonds. The van der Waals surface area contributed by atoms with Crippen LogP contribution in [0, 0.1) is 6.92 Å². The van der Waals surface area contributed by atoms with Crippen molar-refractivity contribution in [1.82, 2.24) is 5.32 Å². The maximum atomic E-state index is 12.1. The van der Waals surface area contributed by atoms with E-state index in [-0.39, 0.29) is 17.9 Å². The molecule has 0 saturated heterocycles. The van der Waals surface area contributed by atoms with Crippen molar-refractivity contribution in [3.63, 3.8) is 0 Å². The number of carbonyl (C=O) groups is 2. The molecule has 1 aromatic carbocycles. The largest absolute Gasteiger partial charge is 0.387 e. The molecule has 0 aliphatic carbocycles. The molecule has 2 rings (SSSR count). The molecule has 3 N–H and O–H groups in total. The number of amides is 2. The Labute approximate surface area is 145 Å². The Hall–Kier alpha value is -2.18. The Balaban J connectivity index is 1.88. The monoisotopic (exact) mass is 346 g/mol. The van der Waals surface area contributed by atoms with Gasteiger partial charge in [0, 0.05) is 22.2 Å². The average Bonchev–Trinajstić information content (AvgIpc) is 3.00. The number of rotatable bonds is 6. The summed E-state index contributed by atoms with van der Waals surface area (Å²) in [5.74, 6) is -0.000289. The molecule has 0 radical (unpaired) electrons. The van der Waals surface area contributed by atoms with Crippen molar-refractivity contribution in [3.05, 3.63) is 51.7 Å². The first-order chi connectivity index (χ1) is 11.4. The third-order valence-electron chi connectivity index (χ3n) is 3.69. The van der Waals surface area contributed by atoms with Gasteiger partial charge in [0.05, 0.1) is 6.10 Å². The van der Waals surface area contributed by atoms with Gasteiger partial charge in [-0.3, -0.25) is 4.79 Å². The van der Waals surface area contributed by atoms with Gasteiger partial charge < -0.3 is 15.7 Å². The van der Waals surface area contributed by atoms with Gasteiger partial charge in [-0.15, -0.1) is 11.3 Å². The van der Waals surface area contributed by atoms with Gasteiger partial charge >= 0.3 is 6.03 Å². The van der Waals surface area contributed by atoms with E-state index in [1.807, 2.05) is 31.4 Å². The second kappa shape index (κ2) is 8.08. The summed E-state index contributed by atoms with van der Waals surface area (Å²) in [4.78, 5) is 24.4. The zero-order valence-electron chi connectivity index (χ0n) is 14.0. The highest BCUT2D eigenvalue weighted by Crippen LogP contribution is 2.23. The number of carbonyl (C=O) groups excluding carboxylic acids is 2. The van der Waals surface area contributed by atoms with E-state index in [0.717, 1.165) is 10.4 Å². The Morgan fingerprint density at radius 3 is 2.62 bits per heavy atom. The molecule has 0 saturated carbocycles. The Morgan fingerprint density at radius 1 is 1.29 bits per heavy atom. The maximum absolute atomic E-state index is 12.1. The van der Waals surface area contributed by atoms with Gasteiger partial charge in [-0.1, -0.05) is 6.07 Å². The molecule has 0 aliphatic rings. The number of Topliss-reactive ketones (excluding diaryl/α,β-unsaturated/α-hetero) is 1. The highest BCUT2D eigenvalue weighted by Gasteiger charge is 2.15. The molecule has 5 nitrogen and oxygen atoms in total. The number of thiophene rings is 1. The minimum Gasteiger partial charge on any atom is -0.387 e. The predicted octanol–water partition coefficient (Wildman–Crippen LogP) is 3.89. The van der Waals surface area contributed by atoms with E-state index in [0.29, 0.717) is 17.7 Å². The lowest BCUT2D eigenvalue weighted by atomic mass is 10.1. The highest BCUT2D eigenvalue weighted by molar-refractivity contribution is 7.10. The molecule has 2 atom stereocenters. The van der Waals surface area contributed by atoms with Gasteiger partial charge in [-0.05, 0) is 62.4 Å². The summed E-state index contributed by atoms with van der Waals surface area (Å²) in [7, 11) is 0. The van der Waals surface area contributed by atoms with Gasteiger partial charge in [0.2, 0.25) is 0 Å². The van der Waals surface area contributed by atoms with Crippen LogP contribution in [0.3, 0.4) is 0 Å². The molecule has 0 spiro atoms. The van der Waals surface area contributed by atoms with Crippen LogP contribution in [-0.4, -0.2) is 23.0 Å². The van der Waals surface area contributed by atoms with Crippen molar-refractivity contribution in [2.75, 3.05) is 5.32 Å². The van der Waals surface area contributed by atoms with Crippen LogP contribution in [0.1, 0.15) is 47.2 Å². The number of aliphatic hydroxyl groups is 1. The molecule has 2 aromatic rings. The van der Waals surface area contributed by atoms with Crippen molar-refractivity contribution in [2.45, 2.75) is 39.3 Å². The van der Waals surface area contributed by atoms with Crippen LogP contribution >= 0.6 is 11.3 Å². The second-order valence-corrected chi connectivity index (χ2v) is 6.83. The van der Waals surface area contributed by atoms with Crippen molar-refractivity contribution in [3.8, 4) is 0 Å². The standard InChI is InChI=1S/C18H22N2O3S/c1-11-9-14(6-7-15(11)13(3)21)20-18(23)19-12(2)10-16(22)17-5-4-8-24-17/h4-9,12,16,22H,10H2,1-3H3,(H2,19,20,23). The molecule has 1 aromatic heterocycles. The summed E-state index contributed by atoms with van der Waals surface area (Å²) in [5, 5.41) is 17.6. The average molecular weight is 346 g/mol. The molecular formula is C18H22N2O3S.